The summed E-state index contributed by atoms with van der Waals surface area (Å²) >= 11 is 1.77. The Hall–Kier alpha value is -2.13. The van der Waals surface area contributed by atoms with Gasteiger partial charge in [-0.25, -0.2) is 0 Å². The number of ether oxygens (including phenoxy) is 1. The molecular weight excluding hydrogens is 420 g/mol. The normalized spacial score (nSPS) is 14.3. The minimum atomic E-state index is 0. The largest absolute Gasteiger partial charge is 1.00 e. The highest BCUT2D eigenvalue weighted by Gasteiger charge is 2.16. The third kappa shape index (κ3) is 4.41. The smallest absolute Gasteiger partial charge is 0.263 e. The molecule has 1 aliphatic rings. The number of thiazole rings is 1. The van der Waals surface area contributed by atoms with E-state index in [1.165, 1.54) is 26.5 Å². The van der Waals surface area contributed by atoms with Crippen LogP contribution in [0.3, 0.4) is 0 Å². The van der Waals surface area contributed by atoms with E-state index in [2.05, 4.69) is 76.1 Å². The van der Waals surface area contributed by atoms with Gasteiger partial charge in [-0.3, -0.25) is 0 Å². The van der Waals surface area contributed by atoms with Crippen LogP contribution in [0.5, 0.6) is 0 Å². The van der Waals surface area contributed by atoms with Crippen LogP contribution in [0.15, 0.2) is 48.5 Å². The van der Waals surface area contributed by atoms with Crippen molar-refractivity contribution in [2.75, 3.05) is 31.2 Å². The van der Waals surface area contributed by atoms with Gasteiger partial charge in [0.15, 0.2) is 0 Å². The zero-order valence-electron chi connectivity index (χ0n) is 15.0. The summed E-state index contributed by atoms with van der Waals surface area (Å²) in [7, 11) is 0. The highest BCUT2D eigenvalue weighted by atomic mass is 79.9. The number of halogens is 1. The van der Waals surface area contributed by atoms with Gasteiger partial charge < -0.3 is 26.6 Å². The molecule has 0 saturated carbocycles. The minimum Gasteiger partial charge on any atom is -1.00 e. The van der Waals surface area contributed by atoms with Crippen LogP contribution in [0, 0.1) is 12.3 Å². The first-order chi connectivity index (χ1) is 12.8. The van der Waals surface area contributed by atoms with Crippen molar-refractivity contribution in [2.24, 2.45) is 0 Å². The Morgan fingerprint density at radius 1 is 1.07 bits per heavy atom. The van der Waals surface area contributed by atoms with Crippen molar-refractivity contribution >= 4 is 39.4 Å². The monoisotopic (exact) mass is 440 g/mol. The molecule has 2 heterocycles. The SMILES string of the molecule is C#CC[n+]1c(/C=C/c2ccc(N3CCOCC3)cc2)sc2ccccc21.[Br-]. The number of terminal acetylenes is 1. The van der Waals surface area contributed by atoms with E-state index in [0.29, 0.717) is 6.54 Å². The lowest BCUT2D eigenvalue weighted by molar-refractivity contribution is -0.655. The second kappa shape index (κ2) is 9.18. The van der Waals surface area contributed by atoms with Crippen LogP contribution in [0.25, 0.3) is 22.4 Å². The van der Waals surface area contributed by atoms with Gasteiger partial charge >= 0.3 is 0 Å². The molecule has 0 spiro atoms. The van der Waals surface area contributed by atoms with Gasteiger partial charge in [-0.05, 0) is 35.8 Å². The lowest BCUT2D eigenvalue weighted by Crippen LogP contribution is -3.00. The Morgan fingerprint density at radius 3 is 2.56 bits per heavy atom. The number of hydrogen-bond acceptors (Lipinski definition) is 3. The summed E-state index contributed by atoms with van der Waals surface area (Å²) in [4.78, 5) is 2.36. The van der Waals surface area contributed by atoms with Crippen LogP contribution >= 0.6 is 11.3 Å². The maximum Gasteiger partial charge on any atom is 0.263 e. The summed E-state index contributed by atoms with van der Waals surface area (Å²) in [6.45, 7) is 4.12. The van der Waals surface area contributed by atoms with Gasteiger partial charge in [-0.15, -0.1) is 6.42 Å². The summed E-state index contributed by atoms with van der Waals surface area (Å²) in [6.07, 6.45) is 9.88. The van der Waals surface area contributed by atoms with Gasteiger partial charge in [-0.1, -0.05) is 35.6 Å². The summed E-state index contributed by atoms with van der Waals surface area (Å²) in [5.74, 6) is 2.76. The molecule has 0 amide bonds. The average molecular weight is 441 g/mol. The van der Waals surface area contributed by atoms with E-state index in [-0.39, 0.29) is 17.0 Å². The van der Waals surface area contributed by atoms with E-state index in [1.54, 1.807) is 11.3 Å². The van der Waals surface area contributed by atoms with Gasteiger partial charge in [0.1, 0.15) is 4.70 Å². The van der Waals surface area contributed by atoms with E-state index in [0.717, 1.165) is 26.3 Å². The van der Waals surface area contributed by atoms with Crippen LogP contribution < -0.4 is 26.4 Å². The zero-order chi connectivity index (χ0) is 17.8. The molecule has 1 saturated heterocycles. The maximum absolute atomic E-state index is 5.57. The van der Waals surface area contributed by atoms with E-state index in [9.17, 15) is 0 Å². The third-order valence-corrected chi connectivity index (χ3v) is 5.70. The van der Waals surface area contributed by atoms with Crippen molar-refractivity contribution < 1.29 is 26.3 Å². The molecule has 0 atom stereocenters. The quantitative estimate of drug-likeness (QED) is 0.441. The molecule has 27 heavy (non-hydrogen) atoms. The molecule has 2 aromatic carbocycles. The second-order valence-corrected chi connectivity index (χ2v) is 7.28. The molecule has 1 aliphatic heterocycles. The summed E-state index contributed by atoms with van der Waals surface area (Å²) in [5.41, 5.74) is 3.64. The summed E-state index contributed by atoms with van der Waals surface area (Å²) in [6, 6.07) is 17.1. The van der Waals surface area contributed by atoms with Crippen LogP contribution in [-0.4, -0.2) is 26.3 Å². The third-order valence-electron chi connectivity index (χ3n) is 4.57. The Morgan fingerprint density at radius 2 is 1.81 bits per heavy atom. The molecule has 138 valence electrons. The van der Waals surface area contributed by atoms with E-state index in [4.69, 9.17) is 11.2 Å². The Bertz CT molecular complexity index is 966. The molecule has 3 nitrogen and oxygen atoms in total. The molecule has 1 aromatic heterocycles. The maximum atomic E-state index is 5.57. The second-order valence-electron chi connectivity index (χ2n) is 6.22. The topological polar surface area (TPSA) is 16.4 Å². The van der Waals surface area contributed by atoms with Crippen LogP contribution in [0.1, 0.15) is 10.6 Å². The van der Waals surface area contributed by atoms with E-state index < -0.39 is 0 Å². The molecule has 1 fully saturated rings. The standard InChI is InChI=1S/C22H21N2OS.BrH/c1-2-13-24-20-5-3-4-6-21(20)26-22(24)12-9-18-7-10-19(11-8-18)23-14-16-25-17-15-23;/h1,3-12H,13-17H2;1H/q+1;/p-1. The van der Waals surface area contributed by atoms with Gasteiger partial charge in [0.2, 0.25) is 12.1 Å². The predicted octanol–water partition coefficient (Wildman–Crippen LogP) is 0.833. The van der Waals surface area contributed by atoms with Crippen molar-refractivity contribution in [1.82, 2.24) is 0 Å². The number of nitrogens with zero attached hydrogens (tertiary/aromatic N) is 2. The van der Waals surface area contributed by atoms with Crippen molar-refractivity contribution in [3.8, 4) is 12.3 Å². The van der Waals surface area contributed by atoms with Gasteiger partial charge in [-0.2, -0.15) is 4.57 Å². The number of para-hydroxylation sites is 1. The van der Waals surface area contributed by atoms with Gasteiger partial charge in [0, 0.05) is 30.9 Å². The van der Waals surface area contributed by atoms with Crippen LogP contribution in [-0.2, 0) is 11.3 Å². The Balaban J connectivity index is 0.00000210. The van der Waals surface area contributed by atoms with Crippen molar-refractivity contribution in [1.29, 1.82) is 0 Å². The number of benzene rings is 2. The summed E-state index contributed by atoms with van der Waals surface area (Å²) < 4.78 is 8.87. The molecule has 0 aliphatic carbocycles. The molecule has 0 N–H and O–H groups in total. The fourth-order valence-corrected chi connectivity index (χ4v) is 4.28. The predicted molar refractivity (Wildman–Crippen MR) is 109 cm³/mol. The molecular formula is C22H21BrN2OS. The molecule has 0 unspecified atom stereocenters. The van der Waals surface area contributed by atoms with E-state index >= 15 is 0 Å². The highest BCUT2D eigenvalue weighted by molar-refractivity contribution is 7.18. The average Bonchev–Trinajstić information content (AvgIpc) is 3.05. The summed E-state index contributed by atoms with van der Waals surface area (Å²) in [5, 5.41) is 1.17. The highest BCUT2D eigenvalue weighted by Crippen LogP contribution is 2.22. The Kier molecular flexibility index (Phi) is 6.68. The first-order valence-electron chi connectivity index (χ1n) is 8.81. The lowest BCUT2D eigenvalue weighted by Gasteiger charge is -2.28. The number of rotatable bonds is 4. The molecule has 0 bridgehead atoms. The molecule has 4 rings (SSSR count). The van der Waals surface area contributed by atoms with Gasteiger partial charge in [0.05, 0.1) is 13.2 Å². The fourth-order valence-electron chi connectivity index (χ4n) is 3.22. The van der Waals surface area contributed by atoms with E-state index in [1.807, 2.05) is 0 Å². The van der Waals surface area contributed by atoms with Crippen molar-refractivity contribution in [2.45, 2.75) is 6.54 Å². The minimum absolute atomic E-state index is 0. The number of aromatic nitrogens is 1. The Labute approximate surface area is 174 Å². The molecule has 3 aromatic rings. The first kappa shape index (κ1) is 19.6. The number of anilines is 1. The molecule has 0 radical (unpaired) electrons. The van der Waals surface area contributed by atoms with Crippen molar-refractivity contribution in [3.05, 3.63) is 59.1 Å². The van der Waals surface area contributed by atoms with Crippen LogP contribution in [0.2, 0.25) is 0 Å². The number of hydrogen-bond donors (Lipinski definition) is 0. The first-order valence-corrected chi connectivity index (χ1v) is 9.62. The zero-order valence-corrected chi connectivity index (χ0v) is 17.4. The van der Waals surface area contributed by atoms with Crippen LogP contribution in [0.4, 0.5) is 5.69 Å². The lowest BCUT2D eigenvalue weighted by atomic mass is 10.1. The fraction of sp³-hybridized carbons (Fsp3) is 0.227. The van der Waals surface area contributed by atoms with Gasteiger partial charge in [0.25, 0.3) is 5.01 Å². The van der Waals surface area contributed by atoms with Crippen molar-refractivity contribution in [3.63, 3.8) is 0 Å². The molecule has 5 heteroatoms. The number of morpholine rings is 1. The number of fused-ring (bicyclic) bond motifs is 1.